The highest BCUT2D eigenvalue weighted by atomic mass is 35.5. The van der Waals surface area contributed by atoms with E-state index in [1.54, 1.807) is 14.2 Å². The molecule has 0 aromatic heterocycles. The lowest BCUT2D eigenvalue weighted by molar-refractivity contribution is 0.204. The van der Waals surface area contributed by atoms with Crippen molar-refractivity contribution in [1.82, 2.24) is 5.32 Å². The Hall–Kier alpha value is -1.82. The van der Waals surface area contributed by atoms with Gasteiger partial charge in [-0.25, -0.2) is 0 Å². The normalized spacial score (nSPS) is 10.3. The van der Waals surface area contributed by atoms with Crippen LogP contribution in [0.4, 0.5) is 0 Å². The van der Waals surface area contributed by atoms with Crippen LogP contribution >= 0.6 is 23.8 Å². The van der Waals surface area contributed by atoms with Crippen molar-refractivity contribution in [3.05, 3.63) is 58.6 Å². The van der Waals surface area contributed by atoms with E-state index < -0.39 is 0 Å². The monoisotopic (exact) mass is 365 g/mol. The second-order valence-electron chi connectivity index (χ2n) is 4.97. The third-order valence-corrected chi connectivity index (χ3v) is 4.10. The van der Waals surface area contributed by atoms with Gasteiger partial charge in [-0.05, 0) is 18.2 Å². The predicted molar refractivity (Wildman–Crippen MR) is 100 cm³/mol. The molecule has 0 unspecified atom stereocenters. The minimum Gasteiger partial charge on any atom is -0.493 e. The summed E-state index contributed by atoms with van der Waals surface area (Å²) in [5, 5.41) is 3.81. The van der Waals surface area contributed by atoms with E-state index >= 15 is 0 Å². The lowest BCUT2D eigenvalue weighted by atomic mass is 10.1. The minimum absolute atomic E-state index is 0.327. The summed E-state index contributed by atoms with van der Waals surface area (Å²) in [7, 11) is 3.25. The van der Waals surface area contributed by atoms with Gasteiger partial charge in [0.1, 0.15) is 11.6 Å². The topological polar surface area (TPSA) is 39.7 Å². The molecule has 0 spiro atoms. The molecular formula is C18H20ClNO3S. The van der Waals surface area contributed by atoms with Crippen LogP contribution < -0.4 is 14.8 Å². The minimum atomic E-state index is 0.327. The third kappa shape index (κ3) is 4.84. The van der Waals surface area contributed by atoms with E-state index in [4.69, 9.17) is 38.0 Å². The zero-order chi connectivity index (χ0) is 17.4. The summed E-state index contributed by atoms with van der Waals surface area (Å²) in [6, 6.07) is 13.2. The van der Waals surface area contributed by atoms with Gasteiger partial charge >= 0.3 is 0 Å². The van der Waals surface area contributed by atoms with Crippen molar-refractivity contribution in [3.63, 3.8) is 0 Å². The van der Waals surface area contributed by atoms with Crippen molar-refractivity contribution >= 4 is 28.8 Å². The van der Waals surface area contributed by atoms with Crippen LogP contribution in [0.3, 0.4) is 0 Å². The Kier molecular flexibility index (Phi) is 7.31. The number of hydrogen-bond donors (Lipinski definition) is 1. The highest BCUT2D eigenvalue weighted by molar-refractivity contribution is 7.80. The molecule has 24 heavy (non-hydrogen) atoms. The van der Waals surface area contributed by atoms with Gasteiger partial charge in [-0.1, -0.05) is 48.1 Å². The fourth-order valence-corrected chi connectivity index (χ4v) is 2.58. The summed E-state index contributed by atoms with van der Waals surface area (Å²) < 4.78 is 16.4. The van der Waals surface area contributed by atoms with E-state index in [-0.39, 0.29) is 0 Å². The molecule has 0 atom stereocenters. The van der Waals surface area contributed by atoms with Crippen LogP contribution in [0.15, 0.2) is 42.5 Å². The Labute approximate surface area is 152 Å². The molecule has 2 aromatic rings. The fraction of sp³-hybridized carbons (Fsp3) is 0.278. The van der Waals surface area contributed by atoms with Crippen LogP contribution in [-0.2, 0) is 11.3 Å². The summed E-state index contributed by atoms with van der Waals surface area (Å²) in [6.45, 7) is 1.52. The number of halogens is 1. The van der Waals surface area contributed by atoms with Crippen molar-refractivity contribution in [2.75, 3.05) is 27.4 Å². The maximum Gasteiger partial charge on any atom is 0.171 e. The first kappa shape index (κ1) is 18.5. The summed E-state index contributed by atoms with van der Waals surface area (Å²) in [4.78, 5) is 0.583. The molecule has 0 aliphatic carbocycles. The van der Waals surface area contributed by atoms with Gasteiger partial charge in [0.15, 0.2) is 11.5 Å². The first-order chi connectivity index (χ1) is 11.7. The first-order valence-electron chi connectivity index (χ1n) is 7.47. The van der Waals surface area contributed by atoms with Crippen molar-refractivity contribution in [2.24, 2.45) is 0 Å². The summed E-state index contributed by atoms with van der Waals surface area (Å²) in [5.74, 6) is 1.21. The molecule has 0 fully saturated rings. The molecular weight excluding hydrogens is 346 g/mol. The van der Waals surface area contributed by atoms with Crippen LogP contribution in [0.2, 0.25) is 5.02 Å². The van der Waals surface area contributed by atoms with E-state index in [1.807, 2.05) is 42.5 Å². The summed E-state index contributed by atoms with van der Waals surface area (Å²) in [5.41, 5.74) is 1.67. The zero-order valence-corrected chi connectivity index (χ0v) is 15.2. The number of thiocarbonyl (C=S) groups is 1. The molecule has 4 nitrogen and oxygen atoms in total. The van der Waals surface area contributed by atoms with Crippen molar-refractivity contribution in [3.8, 4) is 11.5 Å². The molecule has 128 valence electrons. The third-order valence-electron chi connectivity index (χ3n) is 3.37. The Balaban J connectivity index is 2.20. The molecule has 0 saturated heterocycles. The van der Waals surface area contributed by atoms with E-state index in [1.165, 1.54) is 0 Å². The average molecular weight is 366 g/mol. The van der Waals surface area contributed by atoms with Gasteiger partial charge in [0.2, 0.25) is 0 Å². The number of hydrogen-bond acceptors (Lipinski definition) is 4. The van der Waals surface area contributed by atoms with Crippen LogP contribution in [0.25, 0.3) is 0 Å². The largest absolute Gasteiger partial charge is 0.493 e. The van der Waals surface area contributed by atoms with Crippen molar-refractivity contribution in [2.45, 2.75) is 6.61 Å². The maximum atomic E-state index is 6.19. The Morgan fingerprint density at radius 2 is 1.92 bits per heavy atom. The molecule has 0 aliphatic rings. The van der Waals surface area contributed by atoms with E-state index in [9.17, 15) is 0 Å². The van der Waals surface area contributed by atoms with Crippen LogP contribution in [0.1, 0.15) is 11.1 Å². The van der Waals surface area contributed by atoms with Gasteiger partial charge in [-0.2, -0.15) is 0 Å². The van der Waals surface area contributed by atoms with Crippen LogP contribution in [-0.4, -0.2) is 32.4 Å². The second-order valence-corrected chi connectivity index (χ2v) is 5.78. The van der Waals surface area contributed by atoms with Gasteiger partial charge < -0.3 is 19.5 Å². The van der Waals surface area contributed by atoms with Crippen molar-refractivity contribution in [1.29, 1.82) is 0 Å². The molecule has 0 bridgehead atoms. The highest BCUT2D eigenvalue weighted by Crippen LogP contribution is 2.32. The Morgan fingerprint density at radius 1 is 1.12 bits per heavy atom. The van der Waals surface area contributed by atoms with E-state index in [0.717, 1.165) is 11.1 Å². The van der Waals surface area contributed by atoms with Gasteiger partial charge in [-0.15, -0.1) is 0 Å². The molecule has 0 saturated carbocycles. The summed E-state index contributed by atoms with van der Waals surface area (Å²) in [6.07, 6.45) is 0. The maximum absolute atomic E-state index is 6.19. The number of para-hydroxylation sites is 1. The summed E-state index contributed by atoms with van der Waals surface area (Å²) >= 11 is 11.6. The predicted octanol–water partition coefficient (Wildman–Crippen LogP) is 3.84. The molecule has 1 N–H and O–H groups in total. The van der Waals surface area contributed by atoms with Crippen LogP contribution in [0.5, 0.6) is 11.5 Å². The quantitative estimate of drug-likeness (QED) is 0.568. The number of nitrogens with one attached hydrogen (secondary N) is 1. The Bertz CT molecular complexity index is 694. The smallest absolute Gasteiger partial charge is 0.171 e. The van der Waals surface area contributed by atoms with Crippen molar-refractivity contribution < 1.29 is 14.2 Å². The van der Waals surface area contributed by atoms with E-state index in [0.29, 0.717) is 41.3 Å². The van der Waals surface area contributed by atoms with Gasteiger partial charge in [-0.3, -0.25) is 0 Å². The molecule has 0 radical (unpaired) electrons. The van der Waals surface area contributed by atoms with Crippen LogP contribution in [0, 0.1) is 0 Å². The highest BCUT2D eigenvalue weighted by Gasteiger charge is 2.15. The SMILES string of the molecule is COCCNC(=S)c1cccc(OC)c1OCc1ccccc1Cl. The zero-order valence-electron chi connectivity index (χ0n) is 13.7. The molecule has 0 aliphatic heterocycles. The lowest BCUT2D eigenvalue weighted by Crippen LogP contribution is -2.26. The lowest BCUT2D eigenvalue weighted by Gasteiger charge is -2.17. The molecule has 2 rings (SSSR count). The number of ether oxygens (including phenoxy) is 3. The van der Waals surface area contributed by atoms with Gasteiger partial charge in [0, 0.05) is 24.2 Å². The molecule has 0 amide bonds. The molecule has 6 heteroatoms. The molecule has 2 aromatic carbocycles. The first-order valence-corrected chi connectivity index (χ1v) is 8.26. The Morgan fingerprint density at radius 3 is 2.62 bits per heavy atom. The fourth-order valence-electron chi connectivity index (χ4n) is 2.13. The number of rotatable bonds is 8. The number of methoxy groups -OCH3 is 2. The number of benzene rings is 2. The standard InChI is InChI=1S/C18H20ClNO3S/c1-21-11-10-20-18(24)14-7-5-9-16(22-2)17(14)23-12-13-6-3-4-8-15(13)19/h3-9H,10-12H2,1-2H3,(H,20,24). The second kappa shape index (κ2) is 9.47. The van der Waals surface area contributed by atoms with Gasteiger partial charge in [0.05, 0.1) is 19.3 Å². The molecule has 0 heterocycles. The van der Waals surface area contributed by atoms with Gasteiger partial charge in [0.25, 0.3) is 0 Å². The average Bonchev–Trinajstić information content (AvgIpc) is 2.61. The van der Waals surface area contributed by atoms with E-state index in [2.05, 4.69) is 5.32 Å².